The summed E-state index contributed by atoms with van der Waals surface area (Å²) in [5.74, 6) is 2.99. The molecule has 2 saturated carbocycles. The molecule has 0 aromatic heterocycles. The summed E-state index contributed by atoms with van der Waals surface area (Å²) >= 11 is 0. The van der Waals surface area contributed by atoms with Crippen LogP contribution in [0.2, 0.25) is 0 Å². The van der Waals surface area contributed by atoms with Crippen LogP contribution in [0.15, 0.2) is 24.3 Å². The highest BCUT2D eigenvalue weighted by molar-refractivity contribution is 5.65. The van der Waals surface area contributed by atoms with Crippen LogP contribution in [0, 0.1) is 22.7 Å². The minimum Gasteiger partial charge on any atom is -0.493 e. The van der Waals surface area contributed by atoms with E-state index in [0.29, 0.717) is 12.8 Å². The molecule has 5 nitrogen and oxygen atoms in total. The molecule has 7 atom stereocenters. The van der Waals surface area contributed by atoms with E-state index in [2.05, 4.69) is 56.9 Å². The Labute approximate surface area is 209 Å². The van der Waals surface area contributed by atoms with E-state index in [1.165, 1.54) is 30.5 Å². The fourth-order valence-corrected chi connectivity index (χ4v) is 9.55. The van der Waals surface area contributed by atoms with Crippen LogP contribution in [0.4, 0.5) is 0 Å². The summed E-state index contributed by atoms with van der Waals surface area (Å²) in [4.78, 5) is 2.87. The fourth-order valence-electron chi connectivity index (χ4n) is 9.55. The van der Waals surface area contributed by atoms with Crippen LogP contribution in [0.25, 0.3) is 0 Å². The number of hydrogen-bond donors (Lipinski definition) is 0. The van der Waals surface area contributed by atoms with Gasteiger partial charge in [-0.25, -0.2) is 0 Å². The van der Waals surface area contributed by atoms with Gasteiger partial charge < -0.3 is 18.9 Å². The number of ether oxygens (including phenoxy) is 4. The SMILES string of the molecule is COc1ccc2c3c1O[C@H]1[C@@]45C=C[C@@]6(C[C@@H]4[C@@](C)(C(C)(C)C)OCO5)[C@@H](C2)N(CC2CC2)CC[C@]316. The molecule has 3 spiro atoms. The van der Waals surface area contributed by atoms with Crippen molar-refractivity contribution in [2.45, 2.75) is 88.6 Å². The zero-order valence-corrected chi connectivity index (χ0v) is 21.9. The highest BCUT2D eigenvalue weighted by Gasteiger charge is 2.82. The first-order valence-corrected chi connectivity index (χ1v) is 13.8. The molecule has 0 radical (unpaired) electrons. The second-order valence-corrected chi connectivity index (χ2v) is 13.8. The van der Waals surface area contributed by atoms with Crippen LogP contribution in [-0.4, -0.2) is 55.2 Å². The quantitative estimate of drug-likeness (QED) is 0.582. The molecular weight excluding hydrogens is 438 g/mol. The molecule has 0 amide bonds. The normalized spacial score (nSPS) is 46.7. The maximum Gasteiger partial charge on any atom is 0.166 e. The van der Waals surface area contributed by atoms with Crippen LogP contribution in [0.1, 0.15) is 64.5 Å². The third kappa shape index (κ3) is 2.22. The molecule has 5 heteroatoms. The van der Waals surface area contributed by atoms with E-state index >= 15 is 0 Å². The van der Waals surface area contributed by atoms with Crippen LogP contribution in [-0.2, 0) is 21.3 Å². The lowest BCUT2D eigenvalue weighted by Crippen LogP contribution is -2.83. The third-order valence-corrected chi connectivity index (χ3v) is 11.8. The molecule has 9 rings (SSSR count). The first kappa shape index (κ1) is 21.5. The Bertz CT molecular complexity index is 1150. The molecule has 1 aromatic rings. The zero-order valence-electron chi connectivity index (χ0n) is 21.9. The van der Waals surface area contributed by atoms with Crippen LogP contribution < -0.4 is 9.47 Å². The average Bonchev–Trinajstić information content (AvgIpc) is 3.57. The van der Waals surface area contributed by atoms with E-state index in [-0.39, 0.29) is 33.9 Å². The number of hydrogen-bond acceptors (Lipinski definition) is 5. The summed E-state index contributed by atoms with van der Waals surface area (Å²) in [5, 5.41) is 0. The van der Waals surface area contributed by atoms with Crippen molar-refractivity contribution >= 4 is 0 Å². The second kappa shape index (κ2) is 6.28. The maximum atomic E-state index is 7.15. The molecule has 0 unspecified atom stereocenters. The van der Waals surface area contributed by atoms with Gasteiger partial charge in [0.2, 0.25) is 0 Å². The fraction of sp³-hybridized carbons (Fsp3) is 0.733. The van der Waals surface area contributed by atoms with Gasteiger partial charge in [-0.1, -0.05) is 39.0 Å². The summed E-state index contributed by atoms with van der Waals surface area (Å²) in [7, 11) is 1.77. The summed E-state index contributed by atoms with van der Waals surface area (Å²) < 4.78 is 26.4. The first-order valence-electron chi connectivity index (χ1n) is 13.8. The maximum absolute atomic E-state index is 7.15. The molecule has 4 fully saturated rings. The Kier molecular flexibility index (Phi) is 3.86. The van der Waals surface area contributed by atoms with Crippen molar-refractivity contribution in [1.29, 1.82) is 0 Å². The zero-order chi connectivity index (χ0) is 24.0. The van der Waals surface area contributed by atoms with Crippen LogP contribution >= 0.6 is 0 Å². The van der Waals surface area contributed by atoms with Gasteiger partial charge in [-0.2, -0.15) is 0 Å². The van der Waals surface area contributed by atoms with Crippen LogP contribution in [0.3, 0.4) is 0 Å². The number of rotatable bonds is 3. The van der Waals surface area contributed by atoms with Gasteiger partial charge in [0.1, 0.15) is 18.5 Å². The van der Waals surface area contributed by atoms with E-state index in [4.69, 9.17) is 18.9 Å². The molecule has 3 aliphatic heterocycles. The lowest BCUT2D eigenvalue weighted by molar-refractivity contribution is -0.356. The average molecular weight is 478 g/mol. The molecule has 5 aliphatic carbocycles. The first-order chi connectivity index (χ1) is 16.7. The number of methoxy groups -OCH3 is 1. The number of benzene rings is 1. The topological polar surface area (TPSA) is 40.2 Å². The minimum atomic E-state index is -0.482. The van der Waals surface area contributed by atoms with E-state index in [1.807, 2.05) is 0 Å². The smallest absolute Gasteiger partial charge is 0.166 e. The van der Waals surface area contributed by atoms with Crippen molar-refractivity contribution < 1.29 is 18.9 Å². The summed E-state index contributed by atoms with van der Waals surface area (Å²) in [6, 6.07) is 4.96. The highest BCUT2D eigenvalue weighted by atomic mass is 16.7. The van der Waals surface area contributed by atoms with Gasteiger partial charge in [0.15, 0.2) is 11.5 Å². The predicted octanol–water partition coefficient (Wildman–Crippen LogP) is 4.86. The van der Waals surface area contributed by atoms with Crippen LogP contribution in [0.5, 0.6) is 11.5 Å². The van der Waals surface area contributed by atoms with Gasteiger partial charge in [-0.05, 0) is 68.5 Å². The molecule has 1 aromatic carbocycles. The van der Waals surface area contributed by atoms with E-state index < -0.39 is 5.60 Å². The van der Waals surface area contributed by atoms with E-state index in [1.54, 1.807) is 7.11 Å². The lowest BCUT2D eigenvalue weighted by Gasteiger charge is -2.74. The van der Waals surface area contributed by atoms with Crippen molar-refractivity contribution in [3.05, 3.63) is 35.4 Å². The Hall–Kier alpha value is -1.56. The third-order valence-electron chi connectivity index (χ3n) is 11.8. The predicted molar refractivity (Wildman–Crippen MR) is 133 cm³/mol. The lowest BCUT2D eigenvalue weighted by atomic mass is 9.35. The number of piperidine rings is 1. The summed E-state index contributed by atoms with van der Waals surface area (Å²) in [6.07, 6.45) is 11.1. The molecule has 35 heavy (non-hydrogen) atoms. The Morgan fingerprint density at radius 1 is 1.14 bits per heavy atom. The number of likely N-dealkylation sites (tertiary alicyclic amines) is 1. The van der Waals surface area contributed by atoms with Crippen molar-refractivity contribution in [2.75, 3.05) is 27.0 Å². The number of nitrogens with zero attached hydrogens (tertiary/aromatic N) is 1. The van der Waals surface area contributed by atoms with Crippen molar-refractivity contribution in [3.8, 4) is 11.5 Å². The van der Waals surface area contributed by atoms with Gasteiger partial charge in [0.05, 0.1) is 18.1 Å². The summed E-state index contributed by atoms with van der Waals surface area (Å²) in [5.41, 5.74) is 2.08. The van der Waals surface area contributed by atoms with Gasteiger partial charge >= 0.3 is 0 Å². The second-order valence-electron chi connectivity index (χ2n) is 13.8. The Morgan fingerprint density at radius 2 is 1.97 bits per heavy atom. The van der Waals surface area contributed by atoms with Crippen molar-refractivity contribution in [2.24, 2.45) is 22.7 Å². The minimum absolute atomic E-state index is 0.0185. The highest BCUT2D eigenvalue weighted by Crippen LogP contribution is 2.77. The molecule has 2 saturated heterocycles. The molecule has 188 valence electrons. The molecular formula is C30H39NO4. The largest absolute Gasteiger partial charge is 0.493 e. The Balaban J connectivity index is 1.39. The van der Waals surface area contributed by atoms with Gasteiger partial charge in [0.25, 0.3) is 0 Å². The van der Waals surface area contributed by atoms with Gasteiger partial charge in [0, 0.05) is 29.5 Å². The Morgan fingerprint density at radius 3 is 2.71 bits per heavy atom. The van der Waals surface area contributed by atoms with E-state index in [0.717, 1.165) is 43.2 Å². The van der Waals surface area contributed by atoms with E-state index in [9.17, 15) is 0 Å². The molecule has 4 bridgehead atoms. The summed E-state index contributed by atoms with van der Waals surface area (Å²) in [6.45, 7) is 12.1. The molecule has 8 aliphatic rings. The van der Waals surface area contributed by atoms with Gasteiger partial charge in [-0.15, -0.1) is 0 Å². The van der Waals surface area contributed by atoms with Crippen molar-refractivity contribution in [1.82, 2.24) is 4.90 Å². The van der Waals surface area contributed by atoms with Crippen molar-refractivity contribution in [3.63, 3.8) is 0 Å². The standard InChI is InChI=1S/C30H39NO4/c1-26(2,3)27(4)21-15-28-10-11-30(21,34-17-33-27)25-29(28)12-13-31(16-18-6-7-18)22(28)14-19-8-9-20(32-5)24(35-25)23(19)29/h8-11,18,21-22,25H,6-7,12-17H2,1-5H3/t21-,22-,25-,27+,28-,29+,30-/m1/s1. The van der Waals surface area contributed by atoms with Gasteiger partial charge in [-0.3, -0.25) is 4.90 Å². The molecule has 0 N–H and O–H groups in total. The monoisotopic (exact) mass is 477 g/mol. The molecule has 3 heterocycles.